The molecule has 2 aromatic carbocycles. The molecule has 0 bridgehead atoms. The summed E-state index contributed by atoms with van der Waals surface area (Å²) >= 11 is 2.32. The number of amides is 1. The number of likely N-dealkylation sites (N-methyl/N-ethyl adjacent to an activating group) is 1. The molecule has 2 aromatic heterocycles. The van der Waals surface area contributed by atoms with Crippen LogP contribution in [0.1, 0.15) is 11.3 Å². The third-order valence-corrected chi connectivity index (χ3v) is 7.17. The van der Waals surface area contributed by atoms with Crippen LogP contribution in [0.3, 0.4) is 0 Å². The molecule has 0 aliphatic rings. The number of benzene rings is 2. The van der Waals surface area contributed by atoms with E-state index in [-0.39, 0.29) is 5.91 Å². The molecular weight excluding hydrogens is 699 g/mol. The van der Waals surface area contributed by atoms with Gasteiger partial charge in [-0.2, -0.15) is 0 Å². The van der Waals surface area contributed by atoms with Crippen molar-refractivity contribution in [3.05, 3.63) is 113 Å². The van der Waals surface area contributed by atoms with Crippen molar-refractivity contribution in [1.29, 1.82) is 0 Å². The number of halogens is 1. The second-order valence-corrected chi connectivity index (χ2v) is 10.7. The molecule has 0 saturated carbocycles. The fourth-order valence-electron chi connectivity index (χ4n) is 4.09. The number of ether oxygens (including phenoxy) is 2. The predicted octanol–water partition coefficient (Wildman–Crippen LogP) is 6.63. The van der Waals surface area contributed by atoms with Crippen molar-refractivity contribution in [3.8, 4) is 5.75 Å². The summed E-state index contributed by atoms with van der Waals surface area (Å²) in [4.78, 5) is 30.2. The monoisotopic (exact) mass is 734 g/mol. The molecule has 0 radical (unpaired) electrons. The largest absolute Gasteiger partial charge is 0.487 e. The SMILES string of the molecule is CN(C/C=C/C(=O)Nc1cccc(Nc2cc(Nc3ccc(OCc4ccccn4)c(CI)c3)ncn2)c1)CCOCCN=[N+]=[N-]. The van der Waals surface area contributed by atoms with E-state index in [9.17, 15) is 4.79 Å². The fraction of sp³-hybridized carbons (Fsp3) is 0.250. The van der Waals surface area contributed by atoms with Crippen LogP contribution in [0, 0.1) is 0 Å². The maximum Gasteiger partial charge on any atom is 0.248 e. The minimum absolute atomic E-state index is 0.233. The average molecular weight is 735 g/mol. The van der Waals surface area contributed by atoms with Gasteiger partial charge in [-0.25, -0.2) is 9.97 Å². The summed E-state index contributed by atoms with van der Waals surface area (Å²) in [5.41, 5.74) is 12.5. The van der Waals surface area contributed by atoms with E-state index in [0.717, 1.165) is 32.8 Å². The van der Waals surface area contributed by atoms with Crippen LogP contribution in [-0.4, -0.2) is 65.7 Å². The molecule has 46 heavy (non-hydrogen) atoms. The van der Waals surface area contributed by atoms with Gasteiger partial charge >= 0.3 is 0 Å². The van der Waals surface area contributed by atoms with E-state index in [4.69, 9.17) is 15.0 Å². The summed E-state index contributed by atoms with van der Waals surface area (Å²) in [6.45, 7) is 2.88. The van der Waals surface area contributed by atoms with Crippen LogP contribution in [0.15, 0.2) is 96.5 Å². The summed E-state index contributed by atoms with van der Waals surface area (Å²) < 4.78 is 12.2. The Morgan fingerprint density at radius 3 is 2.57 bits per heavy atom. The van der Waals surface area contributed by atoms with Crippen LogP contribution in [-0.2, 0) is 20.6 Å². The first-order valence-corrected chi connectivity index (χ1v) is 16.0. The molecular formula is C32H35IN10O3. The first kappa shape index (κ1) is 34.1. The number of anilines is 5. The van der Waals surface area contributed by atoms with Crippen molar-refractivity contribution in [2.45, 2.75) is 11.0 Å². The lowest BCUT2D eigenvalue weighted by Crippen LogP contribution is -2.24. The smallest absolute Gasteiger partial charge is 0.248 e. The van der Waals surface area contributed by atoms with Gasteiger partial charge in [-0.15, -0.1) is 0 Å². The Balaban J connectivity index is 1.27. The number of rotatable bonds is 18. The van der Waals surface area contributed by atoms with Gasteiger partial charge in [0.2, 0.25) is 5.91 Å². The maximum absolute atomic E-state index is 12.5. The second kappa shape index (κ2) is 18.9. The number of carbonyl (C=O) groups excluding carboxylic acids is 1. The van der Waals surface area contributed by atoms with Crippen molar-refractivity contribution >= 4 is 57.2 Å². The third-order valence-electron chi connectivity index (χ3n) is 6.35. The highest BCUT2D eigenvalue weighted by Gasteiger charge is 2.08. The second-order valence-electron chi connectivity index (χ2n) is 9.91. The van der Waals surface area contributed by atoms with Crippen molar-refractivity contribution in [2.24, 2.45) is 5.11 Å². The Hall–Kier alpha value is -4.76. The molecule has 3 N–H and O–H groups in total. The molecule has 0 aliphatic carbocycles. The summed E-state index contributed by atoms with van der Waals surface area (Å²) in [5, 5.41) is 12.9. The van der Waals surface area contributed by atoms with Gasteiger partial charge in [0.25, 0.3) is 0 Å². The van der Waals surface area contributed by atoms with Gasteiger partial charge < -0.3 is 30.3 Å². The van der Waals surface area contributed by atoms with Crippen molar-refractivity contribution < 1.29 is 14.3 Å². The molecule has 0 saturated heterocycles. The Morgan fingerprint density at radius 2 is 1.80 bits per heavy atom. The average Bonchev–Trinajstić information content (AvgIpc) is 3.06. The van der Waals surface area contributed by atoms with Crippen LogP contribution in [0.2, 0.25) is 0 Å². The van der Waals surface area contributed by atoms with Crippen LogP contribution >= 0.6 is 22.6 Å². The first-order chi connectivity index (χ1) is 22.5. The third kappa shape index (κ3) is 12.0. The van der Waals surface area contributed by atoms with E-state index in [1.54, 1.807) is 12.3 Å². The zero-order valence-electron chi connectivity index (χ0n) is 25.3. The molecule has 2 heterocycles. The normalized spacial score (nSPS) is 10.8. The van der Waals surface area contributed by atoms with Gasteiger partial charge in [-0.05, 0) is 61.1 Å². The number of azide groups is 1. The number of alkyl halides is 1. The molecule has 0 fully saturated rings. The number of carbonyl (C=O) groups is 1. The number of nitrogens with zero attached hydrogens (tertiary/aromatic N) is 7. The minimum atomic E-state index is -0.233. The summed E-state index contributed by atoms with van der Waals surface area (Å²) in [6.07, 6.45) is 6.53. The van der Waals surface area contributed by atoms with Gasteiger partial charge in [0.05, 0.1) is 18.9 Å². The molecule has 14 heteroatoms. The van der Waals surface area contributed by atoms with Gasteiger partial charge in [0.1, 0.15) is 30.3 Å². The summed E-state index contributed by atoms with van der Waals surface area (Å²) in [6, 6.07) is 20.9. The lowest BCUT2D eigenvalue weighted by Gasteiger charge is -2.14. The fourth-order valence-corrected chi connectivity index (χ4v) is 4.69. The Morgan fingerprint density at radius 1 is 1.00 bits per heavy atom. The molecule has 0 unspecified atom stereocenters. The lowest BCUT2D eigenvalue weighted by molar-refractivity contribution is -0.111. The quantitative estimate of drug-likeness (QED) is 0.0194. The van der Waals surface area contributed by atoms with E-state index < -0.39 is 0 Å². The van der Waals surface area contributed by atoms with Crippen molar-refractivity contribution in [1.82, 2.24) is 19.9 Å². The highest BCUT2D eigenvalue weighted by atomic mass is 127. The lowest BCUT2D eigenvalue weighted by atomic mass is 10.2. The van der Waals surface area contributed by atoms with Crippen molar-refractivity contribution in [2.75, 3.05) is 55.8 Å². The molecule has 0 atom stereocenters. The van der Waals surface area contributed by atoms with Crippen LogP contribution in [0.4, 0.5) is 28.7 Å². The summed E-state index contributed by atoms with van der Waals surface area (Å²) in [7, 11) is 1.93. The molecule has 238 valence electrons. The molecule has 4 aromatic rings. The Bertz CT molecular complexity index is 1630. The van der Waals surface area contributed by atoms with E-state index in [1.807, 2.05) is 78.7 Å². The van der Waals surface area contributed by atoms with Crippen molar-refractivity contribution in [3.63, 3.8) is 0 Å². The highest BCUT2D eigenvalue weighted by molar-refractivity contribution is 14.1. The summed E-state index contributed by atoms with van der Waals surface area (Å²) in [5.74, 6) is 1.80. The Labute approximate surface area is 281 Å². The molecule has 4 rings (SSSR count). The van der Waals surface area contributed by atoms with Crippen LogP contribution < -0.4 is 20.7 Å². The van der Waals surface area contributed by atoms with Gasteiger partial charge in [-0.3, -0.25) is 9.78 Å². The number of pyridine rings is 1. The number of hydrogen-bond acceptors (Lipinski definition) is 10. The van der Waals surface area contributed by atoms with Crippen LogP contribution in [0.5, 0.6) is 5.75 Å². The molecule has 1 amide bonds. The number of nitrogens with one attached hydrogen (secondary N) is 3. The zero-order chi connectivity index (χ0) is 32.4. The topological polar surface area (TPSA) is 162 Å². The van der Waals surface area contributed by atoms with Gasteiger partial charge in [0.15, 0.2) is 0 Å². The van der Waals surface area contributed by atoms with E-state index in [2.05, 4.69) is 63.5 Å². The first-order valence-electron chi connectivity index (χ1n) is 14.4. The minimum Gasteiger partial charge on any atom is -0.487 e. The number of aromatic nitrogens is 3. The highest BCUT2D eigenvalue weighted by Crippen LogP contribution is 2.28. The standard InChI is InChI=1S/C32H35IN10O3/c1-43(15-17-45-16-13-38-42-34)14-5-9-32(44)41-26-8-4-7-25(19-26)39-30-20-31(37-23-36-30)40-27-10-11-29(24(18-27)21-33)46-22-28-6-2-3-12-35-28/h2-12,18-20,23H,13-17,21-22H2,1H3,(H,41,44)(H2,36,37,39,40)/b9-5+. The van der Waals surface area contributed by atoms with E-state index >= 15 is 0 Å². The van der Waals surface area contributed by atoms with Gasteiger partial charge in [-0.1, -0.05) is 45.9 Å². The molecule has 0 aliphatic heterocycles. The van der Waals surface area contributed by atoms with Gasteiger partial charge in [0, 0.05) is 69.9 Å². The van der Waals surface area contributed by atoms with E-state index in [0.29, 0.717) is 56.8 Å². The predicted molar refractivity (Wildman–Crippen MR) is 188 cm³/mol. The maximum atomic E-state index is 12.5. The number of hydrogen-bond donors (Lipinski definition) is 3. The van der Waals surface area contributed by atoms with E-state index in [1.165, 1.54) is 12.4 Å². The van der Waals surface area contributed by atoms with Crippen LogP contribution in [0.25, 0.3) is 10.4 Å². The Kier molecular flexibility index (Phi) is 14.0. The molecule has 13 nitrogen and oxygen atoms in total. The molecule has 0 spiro atoms. The zero-order valence-corrected chi connectivity index (χ0v) is 27.5.